The Morgan fingerprint density at radius 1 is 0.733 bits per heavy atom. The summed E-state index contributed by atoms with van der Waals surface area (Å²) in [5.74, 6) is 9.45. The topological polar surface area (TPSA) is 20.2 Å². The van der Waals surface area contributed by atoms with Gasteiger partial charge in [0.15, 0.2) is 0 Å². The molecule has 1 N–H and O–H groups in total. The maximum atomic E-state index is 10.3. The third-order valence-corrected chi connectivity index (χ3v) is 12.6. The van der Waals surface area contributed by atoms with Crippen molar-refractivity contribution in [2.24, 2.45) is 70.0 Å². The van der Waals surface area contributed by atoms with Crippen molar-refractivity contribution in [1.29, 1.82) is 0 Å². The monoisotopic (exact) mass is 414 g/mol. The summed E-state index contributed by atoms with van der Waals surface area (Å²) in [5, 5.41) is 10.3. The van der Waals surface area contributed by atoms with Gasteiger partial charge in [-0.05, 0) is 134 Å². The van der Waals surface area contributed by atoms with E-state index >= 15 is 0 Å². The number of rotatable bonds is 4. The summed E-state index contributed by atoms with van der Waals surface area (Å²) in [6.45, 7) is 15.4. The molecule has 0 heterocycles. The molecule has 0 aromatic heterocycles. The van der Waals surface area contributed by atoms with Gasteiger partial charge in [0.05, 0.1) is 6.10 Å². The van der Waals surface area contributed by atoms with Gasteiger partial charge in [-0.15, -0.1) is 0 Å². The van der Waals surface area contributed by atoms with Gasteiger partial charge in [0.2, 0.25) is 0 Å². The summed E-state index contributed by atoms with van der Waals surface area (Å²) < 4.78 is 0. The Labute approximate surface area is 187 Å². The maximum absolute atomic E-state index is 10.3. The van der Waals surface area contributed by atoms with Crippen LogP contribution in [0.15, 0.2) is 0 Å². The van der Waals surface area contributed by atoms with Gasteiger partial charge in [-0.3, -0.25) is 0 Å². The number of fused-ring (bicyclic) bond motifs is 5. The molecule has 0 aromatic rings. The second-order valence-electron chi connectivity index (χ2n) is 13.8. The van der Waals surface area contributed by atoms with Crippen molar-refractivity contribution in [3.8, 4) is 0 Å². The molecule has 0 spiro atoms. The predicted octanol–water partition coefficient (Wildman–Crippen LogP) is 7.57. The van der Waals surface area contributed by atoms with Crippen molar-refractivity contribution in [3.63, 3.8) is 0 Å². The highest BCUT2D eigenvalue weighted by Crippen LogP contribution is 2.69. The quantitative estimate of drug-likeness (QED) is 0.503. The van der Waals surface area contributed by atoms with Crippen molar-refractivity contribution in [3.05, 3.63) is 0 Å². The second-order valence-corrected chi connectivity index (χ2v) is 13.8. The summed E-state index contributed by atoms with van der Waals surface area (Å²) >= 11 is 0. The van der Waals surface area contributed by atoms with Crippen LogP contribution in [0.3, 0.4) is 0 Å². The number of hydrogen-bond acceptors (Lipinski definition) is 1. The Kier molecular flexibility index (Phi) is 5.44. The lowest BCUT2D eigenvalue weighted by atomic mass is 9.44. The molecule has 0 aliphatic heterocycles. The normalized spacial score (nSPS) is 54.8. The van der Waals surface area contributed by atoms with Crippen LogP contribution < -0.4 is 0 Å². The zero-order chi connectivity index (χ0) is 21.4. The lowest BCUT2D eigenvalue weighted by Gasteiger charge is -2.61. The molecule has 30 heavy (non-hydrogen) atoms. The van der Waals surface area contributed by atoms with Crippen molar-refractivity contribution in [2.45, 2.75) is 112 Å². The van der Waals surface area contributed by atoms with Crippen LogP contribution in [0, 0.1) is 70.0 Å². The lowest BCUT2D eigenvalue weighted by Crippen LogP contribution is -2.54. The van der Waals surface area contributed by atoms with Crippen LogP contribution in [0.4, 0.5) is 0 Å². The van der Waals surface area contributed by atoms with Gasteiger partial charge < -0.3 is 5.11 Å². The van der Waals surface area contributed by atoms with Gasteiger partial charge >= 0.3 is 0 Å². The van der Waals surface area contributed by atoms with Crippen LogP contribution in [-0.2, 0) is 0 Å². The zero-order valence-electron chi connectivity index (χ0n) is 20.9. The summed E-state index contributed by atoms with van der Waals surface area (Å²) in [7, 11) is 0. The first kappa shape index (κ1) is 21.8. The summed E-state index contributed by atoms with van der Waals surface area (Å²) in [6, 6.07) is 0. The van der Waals surface area contributed by atoms with E-state index in [1.54, 1.807) is 0 Å². The molecule has 0 radical (unpaired) electrons. The first-order chi connectivity index (χ1) is 14.2. The molecule has 0 unspecified atom stereocenters. The summed E-state index contributed by atoms with van der Waals surface area (Å²) in [6.07, 6.45) is 13.9. The smallest absolute Gasteiger partial charge is 0.0543 e. The van der Waals surface area contributed by atoms with Crippen LogP contribution in [0.2, 0.25) is 0 Å². The summed E-state index contributed by atoms with van der Waals surface area (Å²) in [4.78, 5) is 0. The van der Waals surface area contributed by atoms with Crippen LogP contribution in [-0.4, -0.2) is 11.2 Å². The van der Waals surface area contributed by atoms with E-state index in [1.165, 1.54) is 51.4 Å². The molecule has 172 valence electrons. The van der Waals surface area contributed by atoms with Gasteiger partial charge in [-0.2, -0.15) is 0 Å². The fourth-order valence-electron chi connectivity index (χ4n) is 10.4. The van der Waals surface area contributed by atoms with Crippen molar-refractivity contribution < 1.29 is 5.11 Å². The maximum Gasteiger partial charge on any atom is 0.0543 e. The molecule has 5 aliphatic carbocycles. The average molecular weight is 415 g/mol. The van der Waals surface area contributed by atoms with E-state index in [2.05, 4.69) is 41.5 Å². The highest BCUT2D eigenvalue weighted by molar-refractivity contribution is 5.11. The Bertz CT molecular complexity index is 640. The van der Waals surface area contributed by atoms with Crippen molar-refractivity contribution >= 4 is 0 Å². The van der Waals surface area contributed by atoms with Gasteiger partial charge in [-0.25, -0.2) is 0 Å². The molecule has 0 aromatic carbocycles. The fraction of sp³-hybridized carbons (Fsp3) is 1.00. The number of aliphatic hydroxyl groups excluding tert-OH is 1. The molecule has 1 heteroatoms. The fourth-order valence-corrected chi connectivity index (χ4v) is 10.4. The third-order valence-electron chi connectivity index (χ3n) is 12.6. The minimum absolute atomic E-state index is 0.00934. The Hall–Kier alpha value is -0.0400. The molecule has 1 nitrogen and oxygen atoms in total. The molecule has 5 saturated carbocycles. The van der Waals surface area contributed by atoms with E-state index < -0.39 is 0 Å². The summed E-state index contributed by atoms with van der Waals surface area (Å²) in [5.41, 5.74) is 1.15. The molecular weight excluding hydrogens is 364 g/mol. The first-order valence-corrected chi connectivity index (χ1v) is 13.8. The molecular formula is C29H50O. The minimum Gasteiger partial charge on any atom is -0.393 e. The molecule has 0 amide bonds. The van der Waals surface area contributed by atoms with Gasteiger partial charge in [0, 0.05) is 0 Å². The molecule has 5 rings (SSSR count). The SMILES string of the molecule is CC(C)[C@H](C)[C@H]1C[C@@H]1[C@@H](C)[C@H]1CC[C@H]2[C@@H]3CC[C@H]4C[C@@H](O)CC[C@]4(C)[C@H]3CC[C@]12C. The van der Waals surface area contributed by atoms with Gasteiger partial charge in [0.25, 0.3) is 0 Å². The van der Waals surface area contributed by atoms with Crippen molar-refractivity contribution in [2.75, 3.05) is 0 Å². The Morgan fingerprint density at radius 3 is 2.17 bits per heavy atom. The van der Waals surface area contributed by atoms with E-state index in [9.17, 15) is 5.11 Å². The molecule has 12 atom stereocenters. The third kappa shape index (κ3) is 3.18. The Balaban J connectivity index is 1.31. The van der Waals surface area contributed by atoms with Crippen LogP contribution in [0.25, 0.3) is 0 Å². The number of aliphatic hydroxyl groups is 1. The predicted molar refractivity (Wildman–Crippen MR) is 126 cm³/mol. The van der Waals surface area contributed by atoms with Crippen LogP contribution in [0.1, 0.15) is 106 Å². The van der Waals surface area contributed by atoms with Gasteiger partial charge in [-0.1, -0.05) is 41.5 Å². The van der Waals surface area contributed by atoms with E-state index in [4.69, 9.17) is 0 Å². The first-order valence-electron chi connectivity index (χ1n) is 13.8. The highest BCUT2D eigenvalue weighted by Gasteiger charge is 2.62. The van der Waals surface area contributed by atoms with E-state index in [0.717, 1.165) is 72.0 Å². The molecule has 0 saturated heterocycles. The van der Waals surface area contributed by atoms with Gasteiger partial charge in [0.1, 0.15) is 0 Å². The minimum atomic E-state index is -0.00934. The van der Waals surface area contributed by atoms with Crippen LogP contribution in [0.5, 0.6) is 0 Å². The zero-order valence-corrected chi connectivity index (χ0v) is 20.9. The standard InChI is InChI=1S/C29H50O/c1-17(2)18(3)23-16-24(23)19(4)25-9-10-26-22-8-7-20-15-21(30)11-13-28(20,5)27(22)12-14-29(25,26)6/h17-27,30H,7-16H2,1-6H3/t18-,19+,20-,21-,22-,23+,24+,25+,26-,27-,28-,29+/m0/s1. The molecule has 0 bridgehead atoms. The van der Waals surface area contributed by atoms with E-state index in [1.807, 2.05) is 0 Å². The highest BCUT2D eigenvalue weighted by atomic mass is 16.3. The van der Waals surface area contributed by atoms with E-state index in [0.29, 0.717) is 10.8 Å². The average Bonchev–Trinajstić information content (AvgIpc) is 3.42. The Morgan fingerprint density at radius 2 is 1.43 bits per heavy atom. The second kappa shape index (κ2) is 7.50. The lowest BCUT2D eigenvalue weighted by molar-refractivity contribution is -0.129. The number of hydrogen-bond donors (Lipinski definition) is 1. The molecule has 5 aliphatic rings. The largest absolute Gasteiger partial charge is 0.393 e. The van der Waals surface area contributed by atoms with Crippen LogP contribution >= 0.6 is 0 Å². The molecule has 5 fully saturated rings. The van der Waals surface area contributed by atoms with Crippen molar-refractivity contribution in [1.82, 2.24) is 0 Å². The van der Waals surface area contributed by atoms with E-state index in [-0.39, 0.29) is 6.10 Å².